The van der Waals surface area contributed by atoms with Gasteiger partial charge in [-0.15, -0.1) is 0 Å². The van der Waals surface area contributed by atoms with E-state index in [-0.39, 0.29) is 0 Å². The summed E-state index contributed by atoms with van der Waals surface area (Å²) in [6, 6.07) is 0. The fourth-order valence-corrected chi connectivity index (χ4v) is 2.44. The number of allylic oxidation sites excluding steroid dienone is 2. The van der Waals surface area contributed by atoms with Gasteiger partial charge in [-0.25, -0.2) is 0 Å². The number of carbonyl (C=O) groups excluding carboxylic acids is 1. The van der Waals surface area contributed by atoms with Gasteiger partial charge in [0, 0.05) is 12.8 Å². The smallest absolute Gasteiger partial charge is 0.133 e. The third kappa shape index (κ3) is 6.09. The van der Waals surface area contributed by atoms with E-state index < -0.39 is 0 Å². The molecule has 0 aromatic rings. The minimum atomic E-state index is 0.495. The quantitative estimate of drug-likeness (QED) is 0.452. The maximum atomic E-state index is 11.3. The van der Waals surface area contributed by atoms with Crippen LogP contribution in [0.4, 0.5) is 0 Å². The molecule has 1 saturated carbocycles. The molecule has 0 radical (unpaired) electrons. The molecule has 0 spiro atoms. The Morgan fingerprint density at radius 2 is 2.00 bits per heavy atom. The Morgan fingerprint density at radius 3 is 2.69 bits per heavy atom. The van der Waals surface area contributed by atoms with Crippen molar-refractivity contribution in [2.24, 2.45) is 5.92 Å². The highest BCUT2D eigenvalue weighted by Gasteiger charge is 2.18. The maximum absolute atomic E-state index is 11.3. The standard InChI is InChI=1S/C15H26O/c1-2-3-4-5-6-7-8-10-14-11-9-12-15(16)13-14/h5-6,14H,2-4,7-13H2,1H3/b6-5-. The molecule has 1 rings (SSSR count). The predicted molar refractivity (Wildman–Crippen MR) is 69.5 cm³/mol. The summed E-state index contributed by atoms with van der Waals surface area (Å²) in [7, 11) is 0. The number of ketones is 1. The van der Waals surface area contributed by atoms with E-state index in [4.69, 9.17) is 0 Å². The number of rotatable bonds is 7. The lowest BCUT2D eigenvalue weighted by atomic mass is 9.85. The van der Waals surface area contributed by atoms with Gasteiger partial charge in [0.25, 0.3) is 0 Å². The first-order valence-corrected chi connectivity index (χ1v) is 6.99. The molecule has 0 N–H and O–H groups in total. The molecule has 1 heteroatoms. The first-order chi connectivity index (χ1) is 7.83. The number of hydrogen-bond donors (Lipinski definition) is 0. The van der Waals surface area contributed by atoms with Crippen molar-refractivity contribution in [2.75, 3.05) is 0 Å². The van der Waals surface area contributed by atoms with E-state index in [1.165, 1.54) is 44.9 Å². The number of hydrogen-bond acceptors (Lipinski definition) is 1. The predicted octanol–water partition coefficient (Wildman–Crippen LogP) is 4.66. The number of carbonyl (C=O) groups is 1. The topological polar surface area (TPSA) is 17.1 Å². The average Bonchev–Trinajstić information content (AvgIpc) is 2.28. The van der Waals surface area contributed by atoms with Gasteiger partial charge >= 0.3 is 0 Å². The van der Waals surface area contributed by atoms with Crippen LogP contribution in [-0.4, -0.2) is 5.78 Å². The van der Waals surface area contributed by atoms with Crippen LogP contribution in [-0.2, 0) is 4.79 Å². The zero-order chi connectivity index (χ0) is 11.6. The zero-order valence-corrected chi connectivity index (χ0v) is 10.7. The van der Waals surface area contributed by atoms with E-state index in [0.29, 0.717) is 11.7 Å². The Balaban J connectivity index is 1.98. The fourth-order valence-electron chi connectivity index (χ4n) is 2.44. The Labute approximate surface area is 100 Å². The van der Waals surface area contributed by atoms with Gasteiger partial charge in [-0.05, 0) is 44.4 Å². The molecule has 1 nitrogen and oxygen atoms in total. The summed E-state index contributed by atoms with van der Waals surface area (Å²) in [5.74, 6) is 1.19. The Morgan fingerprint density at radius 1 is 1.25 bits per heavy atom. The molecule has 1 aliphatic carbocycles. The lowest BCUT2D eigenvalue weighted by Gasteiger charge is -2.20. The second-order valence-corrected chi connectivity index (χ2v) is 5.05. The largest absolute Gasteiger partial charge is 0.300 e. The molecule has 1 fully saturated rings. The highest BCUT2D eigenvalue weighted by atomic mass is 16.1. The second-order valence-electron chi connectivity index (χ2n) is 5.05. The first kappa shape index (κ1) is 13.5. The van der Waals surface area contributed by atoms with Crippen LogP contribution in [0.1, 0.15) is 71.1 Å². The van der Waals surface area contributed by atoms with Gasteiger partial charge in [0.05, 0.1) is 0 Å². The van der Waals surface area contributed by atoms with E-state index in [9.17, 15) is 4.79 Å². The van der Waals surface area contributed by atoms with E-state index in [1.54, 1.807) is 0 Å². The van der Waals surface area contributed by atoms with Crippen LogP contribution < -0.4 is 0 Å². The summed E-state index contributed by atoms with van der Waals surface area (Å²) < 4.78 is 0. The molecule has 0 aromatic carbocycles. The normalized spacial score (nSPS) is 21.8. The lowest BCUT2D eigenvalue weighted by Crippen LogP contribution is -2.14. The summed E-state index contributed by atoms with van der Waals surface area (Å²) in [6.07, 6.45) is 16.3. The van der Waals surface area contributed by atoms with Gasteiger partial charge in [0.1, 0.15) is 5.78 Å². The first-order valence-electron chi connectivity index (χ1n) is 6.99. The van der Waals surface area contributed by atoms with E-state index in [0.717, 1.165) is 19.3 Å². The molecule has 1 unspecified atom stereocenters. The molecule has 0 aromatic heterocycles. The summed E-state index contributed by atoms with van der Waals surface area (Å²) in [5.41, 5.74) is 0. The molecule has 0 bridgehead atoms. The molecule has 0 aliphatic heterocycles. The summed E-state index contributed by atoms with van der Waals surface area (Å²) in [4.78, 5) is 11.3. The summed E-state index contributed by atoms with van der Waals surface area (Å²) >= 11 is 0. The van der Waals surface area contributed by atoms with Crippen LogP contribution in [0.5, 0.6) is 0 Å². The monoisotopic (exact) mass is 222 g/mol. The van der Waals surface area contributed by atoms with Gasteiger partial charge in [-0.1, -0.05) is 31.9 Å². The SMILES string of the molecule is CCCC/C=C\CCCC1CCCC(=O)C1. The molecule has 0 saturated heterocycles. The van der Waals surface area contributed by atoms with Crippen molar-refractivity contribution in [1.82, 2.24) is 0 Å². The molecule has 1 aliphatic rings. The van der Waals surface area contributed by atoms with Gasteiger partial charge in [0.2, 0.25) is 0 Å². The second kappa shape index (κ2) is 8.55. The third-order valence-corrected chi connectivity index (χ3v) is 3.46. The van der Waals surface area contributed by atoms with Crippen LogP contribution in [0.25, 0.3) is 0 Å². The minimum Gasteiger partial charge on any atom is -0.300 e. The molecular weight excluding hydrogens is 196 g/mol. The maximum Gasteiger partial charge on any atom is 0.133 e. The number of unbranched alkanes of at least 4 members (excludes halogenated alkanes) is 3. The molecule has 0 heterocycles. The van der Waals surface area contributed by atoms with Crippen molar-refractivity contribution in [1.29, 1.82) is 0 Å². The fraction of sp³-hybridized carbons (Fsp3) is 0.800. The van der Waals surface area contributed by atoms with E-state index in [1.807, 2.05) is 0 Å². The van der Waals surface area contributed by atoms with Crippen LogP contribution in [0.15, 0.2) is 12.2 Å². The Bertz CT molecular complexity index is 217. The van der Waals surface area contributed by atoms with Crippen molar-refractivity contribution in [3.05, 3.63) is 12.2 Å². The van der Waals surface area contributed by atoms with E-state index >= 15 is 0 Å². The molecule has 16 heavy (non-hydrogen) atoms. The van der Waals surface area contributed by atoms with Crippen molar-refractivity contribution in [3.8, 4) is 0 Å². The molecule has 1 atom stereocenters. The summed E-state index contributed by atoms with van der Waals surface area (Å²) in [6.45, 7) is 2.23. The van der Waals surface area contributed by atoms with Gasteiger partial charge in [-0.2, -0.15) is 0 Å². The van der Waals surface area contributed by atoms with Crippen molar-refractivity contribution in [2.45, 2.75) is 71.1 Å². The zero-order valence-electron chi connectivity index (χ0n) is 10.7. The number of Topliss-reactive ketones (excluding diaryl/α,β-unsaturated/α-hetero) is 1. The summed E-state index contributed by atoms with van der Waals surface area (Å²) in [5, 5.41) is 0. The molecule has 0 amide bonds. The third-order valence-electron chi connectivity index (χ3n) is 3.46. The van der Waals surface area contributed by atoms with Gasteiger partial charge in [-0.3, -0.25) is 4.79 Å². The van der Waals surface area contributed by atoms with Gasteiger partial charge in [0.15, 0.2) is 0 Å². The van der Waals surface area contributed by atoms with Crippen LogP contribution >= 0.6 is 0 Å². The van der Waals surface area contributed by atoms with Crippen LogP contribution in [0.3, 0.4) is 0 Å². The Kier molecular flexibility index (Phi) is 7.20. The molecular formula is C15H26O. The Hall–Kier alpha value is -0.590. The highest BCUT2D eigenvalue weighted by molar-refractivity contribution is 5.79. The van der Waals surface area contributed by atoms with E-state index in [2.05, 4.69) is 19.1 Å². The lowest BCUT2D eigenvalue weighted by molar-refractivity contribution is -0.121. The minimum absolute atomic E-state index is 0.495. The van der Waals surface area contributed by atoms with Gasteiger partial charge < -0.3 is 0 Å². The highest BCUT2D eigenvalue weighted by Crippen LogP contribution is 2.25. The van der Waals surface area contributed by atoms with Crippen LogP contribution in [0, 0.1) is 5.92 Å². The van der Waals surface area contributed by atoms with Crippen molar-refractivity contribution < 1.29 is 4.79 Å². The average molecular weight is 222 g/mol. The van der Waals surface area contributed by atoms with Crippen molar-refractivity contribution >= 4 is 5.78 Å². The van der Waals surface area contributed by atoms with Crippen molar-refractivity contribution in [3.63, 3.8) is 0 Å². The molecule has 92 valence electrons. The van der Waals surface area contributed by atoms with Crippen LogP contribution in [0.2, 0.25) is 0 Å².